The summed E-state index contributed by atoms with van der Waals surface area (Å²) in [6.07, 6.45) is 3.25. The summed E-state index contributed by atoms with van der Waals surface area (Å²) in [6.45, 7) is 0. The van der Waals surface area contributed by atoms with Crippen LogP contribution in [0.3, 0.4) is 0 Å². The molecule has 2 aromatic carbocycles. The summed E-state index contributed by atoms with van der Waals surface area (Å²) in [5.41, 5.74) is 2.36. The van der Waals surface area contributed by atoms with Crippen molar-refractivity contribution < 1.29 is 8.42 Å². The molecule has 2 unspecified atom stereocenters. The first-order valence-electron chi connectivity index (χ1n) is 9.32. The summed E-state index contributed by atoms with van der Waals surface area (Å²) < 4.78 is 28.3. The molecule has 4 nitrogen and oxygen atoms in total. The van der Waals surface area contributed by atoms with E-state index in [2.05, 4.69) is 9.97 Å². The number of nitrogens with zero attached hydrogens (tertiary/aromatic N) is 2. The van der Waals surface area contributed by atoms with Crippen molar-refractivity contribution in [1.29, 1.82) is 0 Å². The summed E-state index contributed by atoms with van der Waals surface area (Å²) in [7, 11) is -3.80. The smallest absolute Gasteiger partial charge is 0.175 e. The highest BCUT2D eigenvalue weighted by atomic mass is 32.2. The Morgan fingerprint density at radius 2 is 0.897 bits per heavy atom. The van der Waals surface area contributed by atoms with Gasteiger partial charge in [-0.2, -0.15) is 0 Å². The molecule has 0 fully saturated rings. The molecular weight excluding hydrogens is 380 g/mol. The van der Waals surface area contributed by atoms with Crippen LogP contribution in [-0.2, 0) is 9.84 Å². The first-order chi connectivity index (χ1) is 14.2. The van der Waals surface area contributed by atoms with Crippen molar-refractivity contribution in [2.24, 2.45) is 0 Å². The fraction of sp³-hybridized carbons (Fsp3) is 0.0833. The van der Waals surface area contributed by atoms with Crippen molar-refractivity contribution in [3.63, 3.8) is 0 Å². The fourth-order valence-corrected chi connectivity index (χ4v) is 5.81. The average Bonchev–Trinajstić information content (AvgIpc) is 2.77. The predicted octanol–water partition coefficient (Wildman–Crippen LogP) is 4.77. The summed E-state index contributed by atoms with van der Waals surface area (Å²) in [5.74, 6) is 0. The van der Waals surface area contributed by atoms with Gasteiger partial charge in [-0.3, -0.25) is 9.97 Å². The molecule has 0 amide bonds. The van der Waals surface area contributed by atoms with Crippen molar-refractivity contribution in [3.8, 4) is 0 Å². The number of hydrogen-bond donors (Lipinski definition) is 0. The fourth-order valence-electron chi connectivity index (χ4n) is 3.51. The zero-order valence-corrected chi connectivity index (χ0v) is 16.5. The third-order valence-corrected chi connectivity index (χ3v) is 7.12. The van der Waals surface area contributed by atoms with Gasteiger partial charge in [-0.05, 0) is 35.4 Å². The van der Waals surface area contributed by atoms with E-state index in [0.717, 1.165) is 0 Å². The van der Waals surface area contributed by atoms with Crippen LogP contribution in [0.15, 0.2) is 109 Å². The van der Waals surface area contributed by atoms with Gasteiger partial charge in [-0.1, -0.05) is 72.8 Å². The Bertz CT molecular complexity index is 983. The molecule has 0 aliphatic heterocycles. The summed E-state index contributed by atoms with van der Waals surface area (Å²) in [4.78, 5) is 8.78. The quantitative estimate of drug-likeness (QED) is 0.468. The number of hydrogen-bond acceptors (Lipinski definition) is 4. The van der Waals surface area contributed by atoms with Gasteiger partial charge in [-0.15, -0.1) is 0 Å². The molecule has 0 saturated heterocycles. The maximum Gasteiger partial charge on any atom is 0.175 e. The van der Waals surface area contributed by atoms with Crippen LogP contribution in [-0.4, -0.2) is 18.4 Å². The van der Waals surface area contributed by atoms with Crippen LogP contribution >= 0.6 is 0 Å². The Balaban J connectivity index is 1.94. The average molecular weight is 401 g/mol. The van der Waals surface area contributed by atoms with Crippen molar-refractivity contribution in [1.82, 2.24) is 9.97 Å². The lowest BCUT2D eigenvalue weighted by Gasteiger charge is -2.25. The van der Waals surface area contributed by atoms with E-state index in [1.54, 1.807) is 36.7 Å². The zero-order chi connectivity index (χ0) is 20.1. The van der Waals surface area contributed by atoms with E-state index in [4.69, 9.17) is 0 Å². The Kier molecular flexibility index (Phi) is 5.49. The van der Waals surface area contributed by atoms with Crippen LogP contribution in [0.25, 0.3) is 0 Å². The van der Waals surface area contributed by atoms with E-state index in [0.29, 0.717) is 22.5 Å². The number of rotatable bonds is 6. The maximum atomic E-state index is 14.2. The molecule has 0 N–H and O–H groups in total. The molecule has 5 heteroatoms. The van der Waals surface area contributed by atoms with E-state index >= 15 is 0 Å². The van der Waals surface area contributed by atoms with Gasteiger partial charge in [0.2, 0.25) is 0 Å². The molecule has 2 aromatic heterocycles. The van der Waals surface area contributed by atoms with Gasteiger partial charge in [0, 0.05) is 12.4 Å². The van der Waals surface area contributed by atoms with E-state index in [-0.39, 0.29) is 0 Å². The molecular formula is C24H20N2O2S. The third kappa shape index (κ3) is 3.96. The maximum absolute atomic E-state index is 14.2. The predicted molar refractivity (Wildman–Crippen MR) is 114 cm³/mol. The Morgan fingerprint density at radius 1 is 0.517 bits per heavy atom. The van der Waals surface area contributed by atoms with Gasteiger partial charge in [0.15, 0.2) is 9.84 Å². The van der Waals surface area contributed by atoms with Gasteiger partial charge in [-0.25, -0.2) is 8.42 Å². The van der Waals surface area contributed by atoms with Crippen molar-refractivity contribution in [2.45, 2.75) is 10.5 Å². The van der Waals surface area contributed by atoms with E-state index in [1.165, 1.54) is 0 Å². The Morgan fingerprint density at radius 3 is 1.24 bits per heavy atom. The second kappa shape index (κ2) is 8.37. The van der Waals surface area contributed by atoms with Crippen LogP contribution in [0, 0.1) is 0 Å². The van der Waals surface area contributed by atoms with Crippen LogP contribution in [0.2, 0.25) is 0 Å². The molecule has 29 heavy (non-hydrogen) atoms. The Hall–Kier alpha value is -3.31. The largest absolute Gasteiger partial charge is 0.260 e. The third-order valence-electron chi connectivity index (χ3n) is 4.77. The number of benzene rings is 2. The molecule has 2 atom stereocenters. The van der Waals surface area contributed by atoms with Crippen LogP contribution in [0.1, 0.15) is 33.0 Å². The van der Waals surface area contributed by atoms with Gasteiger partial charge in [0.05, 0.1) is 11.4 Å². The minimum atomic E-state index is -3.80. The number of pyridine rings is 2. The summed E-state index contributed by atoms with van der Waals surface area (Å²) in [5, 5.41) is -1.81. The van der Waals surface area contributed by atoms with Gasteiger partial charge in [0.1, 0.15) is 10.5 Å². The topological polar surface area (TPSA) is 59.9 Å². The Labute approximate surface area is 170 Å². The van der Waals surface area contributed by atoms with Crippen molar-refractivity contribution >= 4 is 9.84 Å². The van der Waals surface area contributed by atoms with Crippen molar-refractivity contribution in [3.05, 3.63) is 132 Å². The van der Waals surface area contributed by atoms with E-state index in [1.807, 2.05) is 72.8 Å². The highest BCUT2D eigenvalue weighted by molar-refractivity contribution is 7.92. The molecule has 144 valence electrons. The zero-order valence-electron chi connectivity index (χ0n) is 15.7. The normalized spacial score (nSPS) is 13.5. The molecule has 0 bridgehead atoms. The lowest BCUT2D eigenvalue weighted by Crippen LogP contribution is -2.24. The molecule has 0 aliphatic carbocycles. The monoisotopic (exact) mass is 400 g/mol. The highest BCUT2D eigenvalue weighted by Gasteiger charge is 2.39. The summed E-state index contributed by atoms with van der Waals surface area (Å²) >= 11 is 0. The van der Waals surface area contributed by atoms with Gasteiger partial charge >= 0.3 is 0 Å². The molecule has 0 aliphatic rings. The summed E-state index contributed by atoms with van der Waals surface area (Å²) in [6, 6.07) is 29.2. The number of sulfone groups is 1. The van der Waals surface area contributed by atoms with Crippen LogP contribution < -0.4 is 0 Å². The van der Waals surface area contributed by atoms with E-state index in [9.17, 15) is 8.42 Å². The van der Waals surface area contributed by atoms with Gasteiger partial charge in [0.25, 0.3) is 0 Å². The molecule has 0 spiro atoms. The second-order valence-corrected chi connectivity index (χ2v) is 8.80. The van der Waals surface area contributed by atoms with Crippen LogP contribution in [0.5, 0.6) is 0 Å². The number of aromatic nitrogens is 2. The van der Waals surface area contributed by atoms with Crippen molar-refractivity contribution in [2.75, 3.05) is 0 Å². The standard InChI is InChI=1S/C24H20N2O2S/c27-29(28,23(19-11-3-1-4-12-19)21-15-7-9-17-25-21)24(20-13-5-2-6-14-20)22-16-8-10-18-26-22/h1-18,23-24H. The minimum Gasteiger partial charge on any atom is -0.260 e. The SMILES string of the molecule is O=S(=O)(C(c1ccccc1)c1ccccn1)C(c1ccccc1)c1ccccn1. The molecule has 0 saturated carbocycles. The minimum absolute atomic E-state index is 0.496. The first-order valence-corrected chi connectivity index (χ1v) is 10.9. The second-order valence-electron chi connectivity index (χ2n) is 6.68. The highest BCUT2D eigenvalue weighted by Crippen LogP contribution is 2.40. The molecule has 2 heterocycles. The molecule has 0 radical (unpaired) electrons. The lowest BCUT2D eigenvalue weighted by molar-refractivity contribution is 0.579. The molecule has 4 rings (SSSR count). The van der Waals surface area contributed by atoms with E-state index < -0.39 is 20.3 Å². The lowest BCUT2D eigenvalue weighted by atomic mass is 10.1. The molecule has 4 aromatic rings. The van der Waals surface area contributed by atoms with Crippen LogP contribution in [0.4, 0.5) is 0 Å². The van der Waals surface area contributed by atoms with Gasteiger partial charge < -0.3 is 0 Å². The first kappa shape index (κ1) is 19.0.